The van der Waals surface area contributed by atoms with E-state index in [0.29, 0.717) is 16.3 Å². The van der Waals surface area contributed by atoms with Gasteiger partial charge in [0.2, 0.25) is 10.0 Å². The number of anilines is 2. The number of primary sulfonamides is 1. The van der Waals surface area contributed by atoms with Crippen molar-refractivity contribution in [3.8, 4) is 0 Å². The van der Waals surface area contributed by atoms with Gasteiger partial charge in [-0.2, -0.15) is 5.10 Å². The molecule has 27 heavy (non-hydrogen) atoms. The predicted octanol–water partition coefficient (Wildman–Crippen LogP) is 1.65. The highest BCUT2D eigenvalue weighted by Crippen LogP contribution is 2.34. The lowest BCUT2D eigenvalue weighted by Gasteiger charge is -2.11. The number of amides is 1. The Morgan fingerprint density at radius 3 is 2.63 bits per heavy atom. The molecule has 0 atom stereocenters. The standard InChI is InChI=1S/C16H14ClN5O3S2/c1-22-14-9(5-4-6-10(14)17)13(15(22)23)20-21-16(26)19-11-7-2-3-8-12(11)27(18,24)25/h2-8H,1H3,(H2,18,24,25)(H2,19,21,26). The molecule has 0 aliphatic carbocycles. The van der Waals surface area contributed by atoms with Crippen molar-refractivity contribution in [2.75, 3.05) is 17.3 Å². The molecule has 11 heteroatoms. The number of para-hydroxylation sites is 2. The van der Waals surface area contributed by atoms with Crippen molar-refractivity contribution in [2.24, 2.45) is 10.2 Å². The summed E-state index contributed by atoms with van der Waals surface area (Å²) in [6.45, 7) is 0. The molecule has 0 fully saturated rings. The van der Waals surface area contributed by atoms with Crippen LogP contribution in [0, 0.1) is 0 Å². The molecule has 140 valence electrons. The molecular formula is C16H14ClN5O3S2. The minimum atomic E-state index is -3.93. The summed E-state index contributed by atoms with van der Waals surface area (Å²) >= 11 is 11.3. The quantitative estimate of drug-likeness (QED) is 0.510. The Balaban J connectivity index is 1.83. The van der Waals surface area contributed by atoms with Crippen molar-refractivity contribution >= 4 is 61.9 Å². The summed E-state index contributed by atoms with van der Waals surface area (Å²) in [6, 6.07) is 11.1. The Kier molecular flexibility index (Phi) is 5.16. The molecule has 0 aromatic heterocycles. The number of nitrogens with zero attached hydrogens (tertiary/aromatic N) is 2. The highest BCUT2D eigenvalue weighted by Gasteiger charge is 2.33. The molecule has 2 aromatic carbocycles. The van der Waals surface area contributed by atoms with E-state index in [0.717, 1.165) is 0 Å². The van der Waals surface area contributed by atoms with Gasteiger partial charge in [-0.25, -0.2) is 13.6 Å². The Labute approximate surface area is 166 Å². The fourth-order valence-corrected chi connectivity index (χ4v) is 3.76. The molecule has 1 heterocycles. The first-order valence-corrected chi connectivity index (χ1v) is 9.87. The van der Waals surface area contributed by atoms with Crippen LogP contribution >= 0.6 is 23.8 Å². The lowest BCUT2D eigenvalue weighted by molar-refractivity contribution is -0.111. The minimum absolute atomic E-state index is 0.00969. The molecule has 8 nitrogen and oxygen atoms in total. The molecule has 0 saturated carbocycles. The van der Waals surface area contributed by atoms with E-state index in [1.54, 1.807) is 31.3 Å². The van der Waals surface area contributed by atoms with Crippen LogP contribution in [0.3, 0.4) is 0 Å². The van der Waals surface area contributed by atoms with E-state index in [4.69, 9.17) is 29.0 Å². The first-order valence-electron chi connectivity index (χ1n) is 7.53. The second-order valence-electron chi connectivity index (χ2n) is 5.57. The van der Waals surface area contributed by atoms with Crippen molar-refractivity contribution in [1.29, 1.82) is 0 Å². The SMILES string of the molecule is CN1C(=O)C(=NNC(=S)Nc2ccccc2S(N)(=O)=O)c2cccc(Cl)c21. The van der Waals surface area contributed by atoms with E-state index in [9.17, 15) is 13.2 Å². The van der Waals surface area contributed by atoms with Gasteiger partial charge in [-0.3, -0.25) is 10.2 Å². The zero-order valence-electron chi connectivity index (χ0n) is 13.9. The van der Waals surface area contributed by atoms with Gasteiger partial charge in [-0.05, 0) is 30.4 Å². The van der Waals surface area contributed by atoms with E-state index in [1.165, 1.54) is 23.1 Å². The van der Waals surface area contributed by atoms with Crippen molar-refractivity contribution in [1.82, 2.24) is 5.43 Å². The number of benzene rings is 2. The third kappa shape index (κ3) is 3.78. The van der Waals surface area contributed by atoms with Gasteiger partial charge < -0.3 is 10.2 Å². The molecule has 0 bridgehead atoms. The van der Waals surface area contributed by atoms with Gasteiger partial charge in [-0.1, -0.05) is 35.9 Å². The molecule has 0 spiro atoms. The largest absolute Gasteiger partial charge is 0.330 e. The molecule has 4 N–H and O–H groups in total. The van der Waals surface area contributed by atoms with Crippen LogP contribution in [-0.4, -0.2) is 32.2 Å². The summed E-state index contributed by atoms with van der Waals surface area (Å²) in [5.74, 6) is -0.349. The van der Waals surface area contributed by atoms with Gasteiger partial charge in [0.1, 0.15) is 4.90 Å². The first-order chi connectivity index (χ1) is 12.7. The monoisotopic (exact) mass is 423 g/mol. The molecule has 0 saturated heterocycles. The summed E-state index contributed by atoms with van der Waals surface area (Å²) < 4.78 is 23.3. The maximum atomic E-state index is 12.4. The van der Waals surface area contributed by atoms with Gasteiger partial charge in [-0.15, -0.1) is 0 Å². The van der Waals surface area contributed by atoms with Crippen molar-refractivity contribution in [3.05, 3.63) is 53.1 Å². The van der Waals surface area contributed by atoms with E-state index in [2.05, 4.69) is 15.8 Å². The van der Waals surface area contributed by atoms with Gasteiger partial charge in [0.05, 0.1) is 16.4 Å². The zero-order valence-corrected chi connectivity index (χ0v) is 16.3. The topological polar surface area (TPSA) is 117 Å². The summed E-state index contributed by atoms with van der Waals surface area (Å²) in [4.78, 5) is 13.7. The number of hydrogen-bond donors (Lipinski definition) is 3. The minimum Gasteiger partial charge on any atom is -0.330 e. The average molecular weight is 424 g/mol. The van der Waals surface area contributed by atoms with Crippen LogP contribution in [-0.2, 0) is 14.8 Å². The van der Waals surface area contributed by atoms with E-state index >= 15 is 0 Å². The van der Waals surface area contributed by atoms with Crippen molar-refractivity contribution < 1.29 is 13.2 Å². The molecule has 3 rings (SSSR count). The number of nitrogens with two attached hydrogens (primary N) is 1. The number of thiocarbonyl (C=S) groups is 1. The third-order valence-corrected chi connectivity index (χ3v) is 5.26. The molecule has 2 aromatic rings. The third-order valence-electron chi connectivity index (χ3n) is 3.80. The fraction of sp³-hybridized carbons (Fsp3) is 0.0625. The first kappa shape index (κ1) is 19.2. The Morgan fingerprint density at radius 1 is 1.22 bits per heavy atom. The number of carbonyl (C=O) groups is 1. The Hall–Kier alpha value is -2.53. The molecule has 1 aliphatic rings. The molecular weight excluding hydrogens is 410 g/mol. The highest BCUT2D eigenvalue weighted by molar-refractivity contribution is 7.89. The predicted molar refractivity (Wildman–Crippen MR) is 109 cm³/mol. The van der Waals surface area contributed by atoms with Crippen molar-refractivity contribution in [3.63, 3.8) is 0 Å². The van der Waals surface area contributed by atoms with Crippen LogP contribution in [0.5, 0.6) is 0 Å². The Bertz CT molecular complexity index is 1090. The average Bonchev–Trinajstić information content (AvgIpc) is 2.84. The molecule has 1 aliphatic heterocycles. The number of sulfonamides is 1. The smallest absolute Gasteiger partial charge is 0.279 e. The molecule has 0 radical (unpaired) electrons. The number of hydrogen-bond acceptors (Lipinski definition) is 5. The van der Waals surface area contributed by atoms with E-state index < -0.39 is 10.0 Å². The van der Waals surface area contributed by atoms with Gasteiger partial charge in [0.25, 0.3) is 5.91 Å². The fourth-order valence-electron chi connectivity index (χ4n) is 2.61. The van der Waals surface area contributed by atoms with Crippen LogP contribution < -0.4 is 20.8 Å². The number of hydrazone groups is 1. The summed E-state index contributed by atoms with van der Waals surface area (Å²) in [6.07, 6.45) is 0. The number of fused-ring (bicyclic) bond motifs is 1. The van der Waals surface area contributed by atoms with Gasteiger partial charge >= 0.3 is 0 Å². The van der Waals surface area contributed by atoms with Crippen LogP contribution in [0.2, 0.25) is 5.02 Å². The maximum absolute atomic E-state index is 12.4. The summed E-state index contributed by atoms with van der Waals surface area (Å²) in [7, 11) is -2.34. The molecule has 0 unspecified atom stereocenters. The van der Waals surface area contributed by atoms with Gasteiger partial charge in [0.15, 0.2) is 10.8 Å². The van der Waals surface area contributed by atoms with E-state index in [1.807, 2.05) is 0 Å². The second kappa shape index (κ2) is 7.24. The summed E-state index contributed by atoms with van der Waals surface area (Å²) in [5, 5.41) is 12.4. The number of halogens is 1. The Morgan fingerprint density at radius 2 is 1.93 bits per heavy atom. The van der Waals surface area contributed by atoms with Gasteiger partial charge in [0, 0.05) is 12.6 Å². The van der Waals surface area contributed by atoms with Crippen LogP contribution in [0.1, 0.15) is 5.56 Å². The number of carbonyl (C=O) groups excluding carboxylic acids is 1. The second-order valence-corrected chi connectivity index (χ2v) is 7.91. The molecule has 1 amide bonds. The van der Waals surface area contributed by atoms with Crippen LogP contribution in [0.25, 0.3) is 0 Å². The summed E-state index contributed by atoms with van der Waals surface area (Å²) in [5.41, 5.74) is 4.00. The normalized spacial score (nSPS) is 15.0. The lowest BCUT2D eigenvalue weighted by atomic mass is 10.1. The van der Waals surface area contributed by atoms with Crippen LogP contribution in [0.15, 0.2) is 52.5 Å². The number of rotatable bonds is 3. The van der Waals surface area contributed by atoms with Crippen molar-refractivity contribution in [2.45, 2.75) is 4.90 Å². The lowest BCUT2D eigenvalue weighted by Crippen LogP contribution is -2.30. The highest BCUT2D eigenvalue weighted by atomic mass is 35.5. The zero-order chi connectivity index (χ0) is 19.8. The number of likely N-dealkylation sites (N-methyl/N-ethyl adjacent to an activating group) is 1. The van der Waals surface area contributed by atoms with E-state index in [-0.39, 0.29) is 27.3 Å². The van der Waals surface area contributed by atoms with Crippen LogP contribution in [0.4, 0.5) is 11.4 Å². The maximum Gasteiger partial charge on any atom is 0.279 e. The number of nitrogens with one attached hydrogen (secondary N) is 2.